The van der Waals surface area contributed by atoms with E-state index in [-0.39, 0.29) is 11.7 Å². The molecular formula is C15H23N5O4S. The average Bonchev–Trinajstić information content (AvgIpc) is 2.42. The third-order valence-electron chi connectivity index (χ3n) is 3.56. The van der Waals surface area contributed by atoms with Gasteiger partial charge in [0, 0.05) is 19.4 Å². The predicted octanol–water partition coefficient (Wildman–Crippen LogP) is 1.03. The predicted molar refractivity (Wildman–Crippen MR) is 94.4 cm³/mol. The van der Waals surface area contributed by atoms with E-state index in [2.05, 4.69) is 15.3 Å². The van der Waals surface area contributed by atoms with Crippen molar-refractivity contribution < 1.29 is 17.9 Å². The van der Waals surface area contributed by atoms with Crippen LogP contribution in [0.4, 0.5) is 10.5 Å². The molecule has 3 N–H and O–H groups in total. The Labute approximate surface area is 147 Å². The van der Waals surface area contributed by atoms with Gasteiger partial charge in [-0.3, -0.25) is 4.98 Å². The number of hydrogen-bond donors (Lipinski definition) is 2. The molecule has 1 saturated heterocycles. The van der Waals surface area contributed by atoms with E-state index in [1.54, 1.807) is 33.8 Å². The Hall–Kier alpha value is -2.36. The summed E-state index contributed by atoms with van der Waals surface area (Å²) in [5.74, 6) is -0.361. The van der Waals surface area contributed by atoms with Crippen molar-refractivity contribution in [1.82, 2.24) is 14.6 Å². The number of nitrogens with one attached hydrogen (secondary N) is 1. The van der Waals surface area contributed by atoms with Crippen molar-refractivity contribution >= 4 is 27.8 Å². The fourth-order valence-corrected chi connectivity index (χ4v) is 3.85. The lowest BCUT2D eigenvalue weighted by Gasteiger charge is -2.40. The molecule has 1 atom stereocenters. The molecule has 0 radical (unpaired) electrons. The summed E-state index contributed by atoms with van der Waals surface area (Å²) in [5, 5.41) is 3.00. The van der Waals surface area contributed by atoms with Crippen LogP contribution in [0.25, 0.3) is 0 Å². The average molecular weight is 369 g/mol. The molecule has 1 fully saturated rings. The number of amides is 1. The minimum absolute atomic E-state index is 0.120. The molecule has 1 aromatic heterocycles. The van der Waals surface area contributed by atoms with Gasteiger partial charge in [-0.1, -0.05) is 0 Å². The lowest BCUT2D eigenvalue weighted by molar-refractivity contribution is 0.0602. The van der Waals surface area contributed by atoms with Crippen LogP contribution in [-0.4, -0.2) is 48.2 Å². The fraction of sp³-hybridized carbons (Fsp3) is 0.533. The van der Waals surface area contributed by atoms with Crippen LogP contribution < -0.4 is 11.1 Å². The Morgan fingerprint density at radius 2 is 2.08 bits per heavy atom. The maximum Gasteiger partial charge on any atom is 0.437 e. The topological polar surface area (TPSA) is 127 Å². The zero-order chi connectivity index (χ0) is 19.0. The molecular weight excluding hydrogens is 346 g/mol. The van der Waals surface area contributed by atoms with E-state index in [0.29, 0.717) is 11.3 Å². The molecule has 1 amide bonds. The molecule has 2 heterocycles. The molecule has 1 aromatic rings. The number of nitrogen functional groups attached to an aromatic ring is 1. The second-order valence-electron chi connectivity index (χ2n) is 7.10. The molecule has 0 unspecified atom stereocenters. The number of nitrogens with zero attached hydrogens (tertiary/aromatic N) is 3. The number of rotatable bonds is 1. The van der Waals surface area contributed by atoms with Gasteiger partial charge in [0.15, 0.2) is 0 Å². The number of guanidine groups is 1. The first-order valence-corrected chi connectivity index (χ1v) is 9.21. The highest BCUT2D eigenvalue weighted by Crippen LogP contribution is 2.28. The lowest BCUT2D eigenvalue weighted by Crippen LogP contribution is -2.61. The largest absolute Gasteiger partial charge is 0.442 e. The van der Waals surface area contributed by atoms with Crippen molar-refractivity contribution in [2.45, 2.75) is 38.8 Å². The number of ether oxygens (including phenoxy) is 1. The van der Waals surface area contributed by atoms with E-state index in [1.165, 1.54) is 19.4 Å². The van der Waals surface area contributed by atoms with Crippen molar-refractivity contribution in [2.75, 3.05) is 18.5 Å². The summed E-state index contributed by atoms with van der Waals surface area (Å²) >= 11 is 0. The number of anilines is 1. The van der Waals surface area contributed by atoms with Gasteiger partial charge >= 0.3 is 6.09 Å². The van der Waals surface area contributed by atoms with Crippen LogP contribution in [0.15, 0.2) is 23.5 Å². The summed E-state index contributed by atoms with van der Waals surface area (Å²) in [5.41, 5.74) is 4.94. The van der Waals surface area contributed by atoms with Gasteiger partial charge in [-0.2, -0.15) is 0 Å². The molecule has 25 heavy (non-hydrogen) atoms. The van der Waals surface area contributed by atoms with E-state index in [4.69, 9.17) is 10.5 Å². The summed E-state index contributed by atoms with van der Waals surface area (Å²) < 4.78 is 31.1. The van der Waals surface area contributed by atoms with Gasteiger partial charge in [0.25, 0.3) is 0 Å². The van der Waals surface area contributed by atoms with Crippen LogP contribution in [0.3, 0.4) is 0 Å². The van der Waals surface area contributed by atoms with Crippen molar-refractivity contribution in [2.24, 2.45) is 4.99 Å². The molecule has 1 aliphatic heterocycles. The van der Waals surface area contributed by atoms with Crippen molar-refractivity contribution in [3.05, 3.63) is 24.0 Å². The molecule has 10 heteroatoms. The zero-order valence-corrected chi connectivity index (χ0v) is 15.7. The van der Waals surface area contributed by atoms with Gasteiger partial charge in [0.2, 0.25) is 16.0 Å². The molecule has 0 saturated carbocycles. The van der Waals surface area contributed by atoms with Gasteiger partial charge in [-0.05, 0) is 39.3 Å². The Kier molecular flexibility index (Phi) is 4.69. The van der Waals surface area contributed by atoms with E-state index in [9.17, 15) is 13.2 Å². The zero-order valence-electron chi connectivity index (χ0n) is 14.9. The number of nitrogens with two attached hydrogens (primary N) is 1. The van der Waals surface area contributed by atoms with E-state index in [1.807, 2.05) is 0 Å². The molecule has 9 nitrogen and oxygen atoms in total. The summed E-state index contributed by atoms with van der Waals surface area (Å²) in [7, 11) is -2.38. The highest BCUT2D eigenvalue weighted by molar-refractivity contribution is 7.89. The summed E-state index contributed by atoms with van der Waals surface area (Å²) in [6.07, 6.45) is 2.10. The summed E-state index contributed by atoms with van der Waals surface area (Å²) in [4.78, 5) is 19.8. The smallest absolute Gasteiger partial charge is 0.437 e. The normalized spacial score (nSPS) is 24.7. The first-order chi connectivity index (χ1) is 11.3. The first kappa shape index (κ1) is 19.0. The Balaban J connectivity index is 2.43. The van der Waals surface area contributed by atoms with Crippen molar-refractivity contribution in [1.29, 1.82) is 0 Å². The molecule has 0 aromatic carbocycles. The number of carbonyl (C=O) groups excluding carboxylic acids is 1. The molecule has 138 valence electrons. The van der Waals surface area contributed by atoms with Crippen LogP contribution >= 0.6 is 0 Å². The van der Waals surface area contributed by atoms with E-state index >= 15 is 0 Å². The second kappa shape index (κ2) is 6.17. The fourth-order valence-electron chi connectivity index (χ4n) is 2.34. The monoisotopic (exact) mass is 369 g/mol. The second-order valence-corrected chi connectivity index (χ2v) is 9.10. The number of aromatic nitrogens is 1. The van der Waals surface area contributed by atoms with Gasteiger partial charge in [0.05, 0.1) is 17.0 Å². The standard InChI is InChI=1S/C15H23N5O4S/c1-14(2,3)24-13(21)18-12-19-15(4,9-25(22,23)20(12)5)10-6-11(16)8-17-7-10/h6-8H,9,16H2,1-5H3,(H,18,19,21)/t15-/m0/s1. The summed E-state index contributed by atoms with van der Waals surface area (Å²) in [6.45, 7) is 6.77. The third kappa shape index (κ3) is 4.38. The van der Waals surface area contributed by atoms with Gasteiger partial charge in [-0.15, -0.1) is 4.99 Å². The van der Waals surface area contributed by atoms with Crippen LogP contribution in [0.1, 0.15) is 33.3 Å². The number of carbonyl (C=O) groups is 1. The Morgan fingerprint density at radius 3 is 2.64 bits per heavy atom. The molecule has 0 aliphatic carbocycles. The minimum atomic E-state index is -3.70. The minimum Gasteiger partial charge on any atom is -0.442 e. The summed E-state index contributed by atoms with van der Waals surface area (Å²) in [6, 6.07) is 1.63. The quantitative estimate of drug-likeness (QED) is 0.757. The highest BCUT2D eigenvalue weighted by Gasteiger charge is 2.43. The molecule has 0 bridgehead atoms. The molecule has 0 spiro atoms. The van der Waals surface area contributed by atoms with Crippen LogP contribution in [-0.2, 0) is 20.3 Å². The highest BCUT2D eigenvalue weighted by atomic mass is 32.2. The number of sulfonamides is 1. The number of aliphatic imine (C=N–C) groups is 1. The Bertz CT molecular complexity index is 815. The van der Waals surface area contributed by atoms with E-state index in [0.717, 1.165) is 4.31 Å². The van der Waals surface area contributed by atoms with Crippen LogP contribution in [0.5, 0.6) is 0 Å². The van der Waals surface area contributed by atoms with Gasteiger partial charge < -0.3 is 15.8 Å². The van der Waals surface area contributed by atoms with E-state index < -0.39 is 27.3 Å². The maximum atomic E-state index is 12.5. The van der Waals surface area contributed by atoms with Crippen LogP contribution in [0.2, 0.25) is 0 Å². The number of hydrogen-bond acceptors (Lipinski definition) is 6. The van der Waals surface area contributed by atoms with Crippen molar-refractivity contribution in [3.63, 3.8) is 0 Å². The van der Waals surface area contributed by atoms with Gasteiger partial charge in [0.1, 0.15) is 5.60 Å². The van der Waals surface area contributed by atoms with Gasteiger partial charge in [-0.25, -0.2) is 17.5 Å². The first-order valence-electron chi connectivity index (χ1n) is 7.60. The van der Waals surface area contributed by atoms with Crippen LogP contribution in [0, 0.1) is 0 Å². The SMILES string of the molecule is CN1/C(=N/C(=O)OC(C)(C)C)N[C@](C)(c2cncc(N)c2)CS1(=O)=O. The van der Waals surface area contributed by atoms with Crippen molar-refractivity contribution in [3.8, 4) is 0 Å². The number of pyridine rings is 1. The maximum absolute atomic E-state index is 12.5. The molecule has 2 rings (SSSR count). The lowest BCUT2D eigenvalue weighted by atomic mass is 9.95. The Morgan fingerprint density at radius 1 is 1.44 bits per heavy atom. The molecule has 1 aliphatic rings. The third-order valence-corrected chi connectivity index (χ3v) is 5.51.